The van der Waals surface area contributed by atoms with Gasteiger partial charge in [-0.2, -0.15) is 0 Å². The summed E-state index contributed by atoms with van der Waals surface area (Å²) in [5.41, 5.74) is 1.98. The number of carbonyl (C=O) groups is 1. The number of Topliss-reactive ketones (excluding diaryl/α,β-unsaturated/α-hetero) is 1. The third kappa shape index (κ3) is 3.44. The minimum Gasteiger partial charge on any atom is -0.304 e. The minimum atomic E-state index is -0.212. The van der Waals surface area contributed by atoms with E-state index in [1.165, 1.54) is 17.3 Å². The van der Waals surface area contributed by atoms with Gasteiger partial charge in [0.05, 0.1) is 10.1 Å². The summed E-state index contributed by atoms with van der Waals surface area (Å²) >= 11 is 3.08. The quantitative estimate of drug-likeness (QED) is 0.482. The van der Waals surface area contributed by atoms with Gasteiger partial charge in [0.2, 0.25) is 0 Å². The van der Waals surface area contributed by atoms with Gasteiger partial charge in [-0.1, -0.05) is 49.0 Å². The number of ketones is 1. The van der Waals surface area contributed by atoms with Crippen molar-refractivity contribution in [3.05, 3.63) is 52.9 Å². The Hall–Kier alpha value is -1.92. The lowest BCUT2D eigenvalue weighted by atomic mass is 10.1. The van der Waals surface area contributed by atoms with E-state index >= 15 is 0 Å². The summed E-state index contributed by atoms with van der Waals surface area (Å²) in [4.78, 5) is 13.7. The van der Waals surface area contributed by atoms with E-state index in [4.69, 9.17) is 0 Å². The molecule has 0 aliphatic rings. The number of benzene rings is 1. The van der Waals surface area contributed by atoms with Crippen LogP contribution in [0.4, 0.5) is 0 Å². The molecule has 6 heteroatoms. The molecule has 2 heterocycles. The summed E-state index contributed by atoms with van der Waals surface area (Å²) in [5, 5.41) is 11.1. The normalized spacial score (nSPS) is 12.3. The Bertz CT molecular complexity index is 823. The van der Waals surface area contributed by atoms with E-state index in [9.17, 15) is 4.79 Å². The lowest BCUT2D eigenvalue weighted by molar-refractivity contribution is 0.0994. The molecule has 1 aromatic carbocycles. The van der Waals surface area contributed by atoms with Gasteiger partial charge in [0.15, 0.2) is 16.8 Å². The predicted molar refractivity (Wildman–Crippen MR) is 99.8 cm³/mol. The number of thioether (sulfide) groups is 1. The van der Waals surface area contributed by atoms with E-state index < -0.39 is 0 Å². The molecule has 0 spiro atoms. The van der Waals surface area contributed by atoms with E-state index in [1.54, 1.807) is 11.3 Å². The number of carbonyl (C=O) groups excluding carboxylic acids is 1. The topological polar surface area (TPSA) is 47.8 Å². The van der Waals surface area contributed by atoms with Gasteiger partial charge in [0.25, 0.3) is 0 Å². The number of rotatable bonds is 6. The first-order valence-electron chi connectivity index (χ1n) is 7.83. The monoisotopic (exact) mass is 357 g/mol. The molecule has 0 N–H and O–H groups in total. The Morgan fingerprint density at radius 1 is 1.25 bits per heavy atom. The van der Waals surface area contributed by atoms with Crippen LogP contribution in [0.1, 0.15) is 29.8 Å². The first-order chi connectivity index (χ1) is 11.6. The van der Waals surface area contributed by atoms with Crippen LogP contribution in [-0.2, 0) is 13.5 Å². The standard InChI is InChI=1S/C18H19N3OS2/c1-4-13-7-9-14(10-8-13)16(22)12(2)24-18-20-19-17(21(18)3)15-6-5-11-23-15/h5-12H,4H2,1-3H3. The molecule has 4 nitrogen and oxygen atoms in total. The maximum Gasteiger partial charge on any atom is 0.191 e. The number of thiophene rings is 1. The summed E-state index contributed by atoms with van der Waals surface area (Å²) in [5.74, 6) is 0.947. The first-order valence-corrected chi connectivity index (χ1v) is 9.59. The number of hydrogen-bond donors (Lipinski definition) is 0. The summed E-state index contributed by atoms with van der Waals surface area (Å²) in [6, 6.07) is 11.9. The fourth-order valence-corrected chi connectivity index (χ4v) is 4.02. The zero-order valence-electron chi connectivity index (χ0n) is 13.9. The molecule has 3 aromatic rings. The van der Waals surface area contributed by atoms with Crippen molar-refractivity contribution in [2.75, 3.05) is 0 Å². The van der Waals surface area contributed by atoms with Crippen molar-refractivity contribution in [3.8, 4) is 10.7 Å². The van der Waals surface area contributed by atoms with Crippen LogP contribution < -0.4 is 0 Å². The Balaban J connectivity index is 1.74. The van der Waals surface area contributed by atoms with Crippen LogP contribution in [0.3, 0.4) is 0 Å². The lowest BCUT2D eigenvalue weighted by Crippen LogP contribution is -2.14. The molecule has 0 aliphatic carbocycles. The van der Waals surface area contributed by atoms with Crippen LogP contribution in [0, 0.1) is 0 Å². The molecule has 3 rings (SSSR count). The molecular formula is C18H19N3OS2. The van der Waals surface area contributed by atoms with E-state index in [-0.39, 0.29) is 11.0 Å². The number of nitrogens with zero attached hydrogens (tertiary/aromatic N) is 3. The fourth-order valence-electron chi connectivity index (χ4n) is 2.39. The van der Waals surface area contributed by atoms with Crippen LogP contribution in [0.25, 0.3) is 10.7 Å². The third-order valence-corrected chi connectivity index (χ3v) is 5.87. The second-order valence-corrected chi connectivity index (χ2v) is 7.77. The molecule has 0 saturated carbocycles. The highest BCUT2D eigenvalue weighted by Gasteiger charge is 2.20. The van der Waals surface area contributed by atoms with Crippen molar-refractivity contribution in [1.82, 2.24) is 14.8 Å². The van der Waals surface area contributed by atoms with Crippen LogP contribution >= 0.6 is 23.1 Å². The number of hydrogen-bond acceptors (Lipinski definition) is 5. The molecule has 0 aliphatic heterocycles. The van der Waals surface area contributed by atoms with Gasteiger partial charge in [0, 0.05) is 12.6 Å². The summed E-state index contributed by atoms with van der Waals surface area (Å²) in [7, 11) is 1.94. The fraction of sp³-hybridized carbons (Fsp3) is 0.278. The first kappa shape index (κ1) is 16.9. The molecule has 1 atom stereocenters. The van der Waals surface area contributed by atoms with Gasteiger partial charge in [-0.05, 0) is 30.4 Å². The molecule has 0 amide bonds. The van der Waals surface area contributed by atoms with E-state index in [0.29, 0.717) is 0 Å². The summed E-state index contributed by atoms with van der Waals surface area (Å²) in [6.07, 6.45) is 0.975. The molecule has 1 unspecified atom stereocenters. The van der Waals surface area contributed by atoms with Crippen molar-refractivity contribution < 1.29 is 4.79 Å². The molecular weight excluding hydrogens is 338 g/mol. The molecule has 0 fully saturated rings. The van der Waals surface area contributed by atoms with Crippen molar-refractivity contribution >= 4 is 28.9 Å². The van der Waals surface area contributed by atoms with Crippen molar-refractivity contribution in [3.63, 3.8) is 0 Å². The SMILES string of the molecule is CCc1ccc(C(=O)C(C)Sc2nnc(-c3cccs3)n2C)cc1. The maximum atomic E-state index is 12.6. The van der Waals surface area contributed by atoms with Crippen LogP contribution in [0.2, 0.25) is 0 Å². The molecule has 124 valence electrons. The number of aromatic nitrogens is 3. The highest BCUT2D eigenvalue weighted by Crippen LogP contribution is 2.29. The largest absolute Gasteiger partial charge is 0.304 e. The predicted octanol–water partition coefficient (Wildman–Crippen LogP) is 4.47. The maximum absolute atomic E-state index is 12.6. The van der Waals surface area contributed by atoms with Crippen LogP contribution in [0.15, 0.2) is 46.9 Å². The van der Waals surface area contributed by atoms with Gasteiger partial charge in [-0.25, -0.2) is 0 Å². The molecule has 2 aromatic heterocycles. The smallest absolute Gasteiger partial charge is 0.191 e. The van der Waals surface area contributed by atoms with E-state index in [2.05, 4.69) is 17.1 Å². The summed E-state index contributed by atoms with van der Waals surface area (Å²) in [6.45, 7) is 4.02. The van der Waals surface area contributed by atoms with Gasteiger partial charge in [-0.15, -0.1) is 21.5 Å². The zero-order valence-corrected chi connectivity index (χ0v) is 15.5. The molecule has 0 saturated heterocycles. The van der Waals surface area contributed by atoms with Crippen molar-refractivity contribution in [2.45, 2.75) is 30.7 Å². The third-order valence-electron chi connectivity index (χ3n) is 3.87. The minimum absolute atomic E-state index is 0.114. The van der Waals surface area contributed by atoms with Gasteiger partial charge in [0.1, 0.15) is 0 Å². The zero-order chi connectivity index (χ0) is 17.1. The molecule has 0 bridgehead atoms. The second kappa shape index (κ2) is 7.32. The highest BCUT2D eigenvalue weighted by molar-refractivity contribution is 8.00. The molecule has 0 radical (unpaired) electrons. The van der Waals surface area contributed by atoms with E-state index in [1.807, 2.05) is 60.3 Å². The second-order valence-electron chi connectivity index (χ2n) is 5.52. The van der Waals surface area contributed by atoms with Gasteiger partial charge < -0.3 is 4.57 Å². The molecule has 24 heavy (non-hydrogen) atoms. The van der Waals surface area contributed by atoms with Crippen LogP contribution in [0.5, 0.6) is 0 Å². The number of aryl methyl sites for hydroxylation is 1. The van der Waals surface area contributed by atoms with E-state index in [0.717, 1.165) is 27.8 Å². The Morgan fingerprint density at radius 2 is 2.00 bits per heavy atom. The Kier molecular flexibility index (Phi) is 5.16. The highest BCUT2D eigenvalue weighted by atomic mass is 32.2. The Morgan fingerprint density at radius 3 is 2.62 bits per heavy atom. The summed E-state index contributed by atoms with van der Waals surface area (Å²) < 4.78 is 1.94. The average molecular weight is 358 g/mol. The van der Waals surface area contributed by atoms with Gasteiger partial charge >= 0.3 is 0 Å². The van der Waals surface area contributed by atoms with Crippen molar-refractivity contribution in [2.24, 2.45) is 7.05 Å². The van der Waals surface area contributed by atoms with Crippen molar-refractivity contribution in [1.29, 1.82) is 0 Å². The van der Waals surface area contributed by atoms with Crippen LogP contribution in [-0.4, -0.2) is 25.8 Å². The lowest BCUT2D eigenvalue weighted by Gasteiger charge is -2.10. The van der Waals surface area contributed by atoms with Gasteiger partial charge in [-0.3, -0.25) is 4.79 Å². The Labute approximate surface area is 149 Å². The average Bonchev–Trinajstić information content (AvgIpc) is 3.25.